The van der Waals surface area contributed by atoms with Crippen molar-refractivity contribution in [3.05, 3.63) is 42.4 Å². The van der Waals surface area contributed by atoms with E-state index < -0.39 is 5.78 Å². The van der Waals surface area contributed by atoms with E-state index in [1.54, 1.807) is 6.20 Å². The number of carbonyl (C=O) groups is 2. The fourth-order valence-corrected chi connectivity index (χ4v) is 2.22. The highest BCUT2D eigenvalue weighted by Crippen LogP contribution is 2.37. The van der Waals surface area contributed by atoms with Gasteiger partial charge in [0.25, 0.3) is 0 Å². The van der Waals surface area contributed by atoms with Crippen LogP contribution in [0.5, 0.6) is 5.75 Å². The summed E-state index contributed by atoms with van der Waals surface area (Å²) in [6, 6.07) is 7.52. The van der Waals surface area contributed by atoms with Gasteiger partial charge in [-0.2, -0.15) is 0 Å². The van der Waals surface area contributed by atoms with Crippen LogP contribution in [0.3, 0.4) is 0 Å². The summed E-state index contributed by atoms with van der Waals surface area (Å²) in [5.74, 6) is -0.754. The van der Waals surface area contributed by atoms with Crippen LogP contribution in [0.4, 0.5) is 0 Å². The van der Waals surface area contributed by atoms with E-state index in [1.165, 1.54) is 6.20 Å². The van der Waals surface area contributed by atoms with Crippen LogP contribution in [-0.2, 0) is 4.79 Å². The number of ketones is 1. The van der Waals surface area contributed by atoms with Gasteiger partial charge < -0.3 is 15.1 Å². The number of para-hydroxylation sites is 1. The molecule has 5 heteroatoms. The topological polar surface area (TPSA) is 85.9 Å². The highest BCUT2D eigenvalue weighted by atomic mass is 16.3. The maximum Gasteiger partial charge on any atom is 0.242 e. The van der Waals surface area contributed by atoms with Crippen LogP contribution >= 0.6 is 0 Å². The second-order valence-corrected chi connectivity index (χ2v) is 4.15. The zero-order valence-corrected chi connectivity index (χ0v) is 9.81. The molecule has 3 aromatic rings. The van der Waals surface area contributed by atoms with Crippen molar-refractivity contribution in [2.75, 3.05) is 0 Å². The predicted octanol–water partition coefficient (Wildman–Crippen LogP) is 2.25. The summed E-state index contributed by atoms with van der Waals surface area (Å²) in [6.45, 7) is 0. The Morgan fingerprint density at radius 3 is 2.74 bits per heavy atom. The average Bonchev–Trinajstić information content (AvgIpc) is 3.01. The molecule has 3 rings (SSSR count). The largest absolute Gasteiger partial charge is 0.506 e. The maximum atomic E-state index is 11.6. The van der Waals surface area contributed by atoms with Gasteiger partial charge in [-0.05, 0) is 6.07 Å². The molecule has 0 aliphatic rings. The van der Waals surface area contributed by atoms with Crippen LogP contribution in [-0.4, -0.2) is 27.1 Å². The lowest BCUT2D eigenvalue weighted by Crippen LogP contribution is -2.01. The number of fused-ring (bicyclic) bond motifs is 1. The molecule has 0 unspecified atom stereocenters. The smallest absolute Gasteiger partial charge is 0.242 e. The van der Waals surface area contributed by atoms with Crippen LogP contribution in [0.25, 0.3) is 22.0 Å². The lowest BCUT2D eigenvalue weighted by Gasteiger charge is -2.00. The molecule has 0 aliphatic heterocycles. The van der Waals surface area contributed by atoms with Crippen molar-refractivity contribution in [3.63, 3.8) is 0 Å². The molecule has 0 saturated heterocycles. The molecule has 2 aromatic heterocycles. The Hall–Kier alpha value is -2.82. The predicted molar refractivity (Wildman–Crippen MR) is 70.1 cm³/mol. The number of hydrogen-bond donors (Lipinski definition) is 3. The number of H-pyrrole nitrogens is 2. The molecule has 0 aliphatic carbocycles. The lowest BCUT2D eigenvalue weighted by molar-refractivity contribution is -0.104. The number of hydrogen-bond acceptors (Lipinski definition) is 3. The van der Waals surface area contributed by atoms with Gasteiger partial charge in [0.15, 0.2) is 6.29 Å². The van der Waals surface area contributed by atoms with Gasteiger partial charge in [-0.25, -0.2) is 0 Å². The highest BCUT2D eigenvalue weighted by Gasteiger charge is 2.20. The first-order valence-electron chi connectivity index (χ1n) is 5.68. The van der Waals surface area contributed by atoms with Crippen molar-refractivity contribution in [2.45, 2.75) is 0 Å². The molecule has 0 spiro atoms. The molecule has 0 amide bonds. The van der Waals surface area contributed by atoms with E-state index in [1.807, 2.05) is 24.3 Å². The molecule has 0 fully saturated rings. The summed E-state index contributed by atoms with van der Waals surface area (Å²) in [7, 11) is 0. The summed E-state index contributed by atoms with van der Waals surface area (Å²) in [6.07, 6.45) is 3.23. The zero-order chi connectivity index (χ0) is 13.4. The van der Waals surface area contributed by atoms with Gasteiger partial charge in [-0.3, -0.25) is 9.59 Å². The monoisotopic (exact) mass is 254 g/mol. The summed E-state index contributed by atoms with van der Waals surface area (Å²) < 4.78 is 0. The fraction of sp³-hybridized carbons (Fsp3) is 0. The van der Waals surface area contributed by atoms with Gasteiger partial charge >= 0.3 is 0 Å². The van der Waals surface area contributed by atoms with Crippen molar-refractivity contribution in [1.29, 1.82) is 0 Å². The first-order valence-corrected chi connectivity index (χ1v) is 5.68. The number of Topliss-reactive ketones (excluding diaryl/α,β-unsaturated/α-hetero) is 1. The number of aldehydes is 1. The van der Waals surface area contributed by atoms with Gasteiger partial charge in [-0.15, -0.1) is 0 Å². The third-order valence-corrected chi connectivity index (χ3v) is 3.07. The molecule has 19 heavy (non-hydrogen) atoms. The Morgan fingerprint density at radius 1 is 1.16 bits per heavy atom. The number of benzene rings is 1. The minimum absolute atomic E-state index is 0.0602. The third kappa shape index (κ3) is 1.63. The number of aromatic nitrogens is 2. The third-order valence-electron chi connectivity index (χ3n) is 3.07. The quantitative estimate of drug-likeness (QED) is 0.380. The van der Waals surface area contributed by atoms with Crippen LogP contribution in [0.15, 0.2) is 36.7 Å². The van der Waals surface area contributed by atoms with E-state index in [2.05, 4.69) is 9.97 Å². The molecule has 0 atom stereocenters. The Kier molecular flexibility index (Phi) is 2.45. The number of rotatable bonds is 3. The number of aromatic hydroxyl groups is 1. The van der Waals surface area contributed by atoms with E-state index >= 15 is 0 Å². The van der Waals surface area contributed by atoms with E-state index in [0.29, 0.717) is 11.1 Å². The van der Waals surface area contributed by atoms with Crippen LogP contribution in [0.2, 0.25) is 0 Å². The Bertz CT molecular complexity index is 783. The molecule has 0 saturated carbocycles. The van der Waals surface area contributed by atoms with Crippen molar-refractivity contribution >= 4 is 23.0 Å². The van der Waals surface area contributed by atoms with Crippen molar-refractivity contribution < 1.29 is 14.7 Å². The maximum absolute atomic E-state index is 11.6. The highest BCUT2D eigenvalue weighted by molar-refractivity contribution is 6.34. The molecule has 94 valence electrons. The van der Waals surface area contributed by atoms with E-state index in [4.69, 9.17) is 0 Å². The standard InChI is InChI=1S/C14H10N2O3/c17-7-12(19)14-13(11(18)6-16-14)9-5-15-10-4-2-1-3-8(9)10/h1-7,15-16,18H. The number of nitrogens with one attached hydrogen (secondary N) is 2. The van der Waals surface area contributed by atoms with Gasteiger partial charge in [0.05, 0.1) is 5.56 Å². The molecule has 0 bridgehead atoms. The van der Waals surface area contributed by atoms with Crippen LogP contribution in [0.1, 0.15) is 10.5 Å². The Balaban J connectivity index is 2.30. The second-order valence-electron chi connectivity index (χ2n) is 4.15. The minimum atomic E-state index is -0.694. The molecule has 2 heterocycles. The second kappa shape index (κ2) is 4.13. The number of aromatic amines is 2. The minimum Gasteiger partial charge on any atom is -0.506 e. The molecule has 5 nitrogen and oxygen atoms in total. The first-order chi connectivity index (χ1) is 9.22. The van der Waals surface area contributed by atoms with Gasteiger partial charge in [0.1, 0.15) is 11.4 Å². The summed E-state index contributed by atoms with van der Waals surface area (Å²) in [4.78, 5) is 27.9. The van der Waals surface area contributed by atoms with Gasteiger partial charge in [-0.1, -0.05) is 18.2 Å². The van der Waals surface area contributed by atoms with E-state index in [9.17, 15) is 14.7 Å². The van der Waals surface area contributed by atoms with Crippen molar-refractivity contribution in [1.82, 2.24) is 9.97 Å². The fourth-order valence-electron chi connectivity index (χ4n) is 2.22. The van der Waals surface area contributed by atoms with E-state index in [0.717, 1.165) is 10.9 Å². The van der Waals surface area contributed by atoms with Gasteiger partial charge in [0, 0.05) is 28.9 Å². The normalized spacial score (nSPS) is 10.7. The molecule has 0 radical (unpaired) electrons. The molecular formula is C14H10N2O3. The summed E-state index contributed by atoms with van der Waals surface area (Å²) in [5, 5.41) is 10.8. The van der Waals surface area contributed by atoms with Gasteiger partial charge in [0.2, 0.25) is 5.78 Å². The summed E-state index contributed by atoms with van der Waals surface area (Å²) >= 11 is 0. The molecule has 3 N–H and O–H groups in total. The number of carbonyl (C=O) groups excluding carboxylic acids is 2. The average molecular weight is 254 g/mol. The summed E-state index contributed by atoms with van der Waals surface area (Å²) in [5.41, 5.74) is 2.01. The Labute approximate surface area is 107 Å². The van der Waals surface area contributed by atoms with Crippen molar-refractivity contribution in [3.8, 4) is 16.9 Å². The molecule has 1 aromatic carbocycles. The Morgan fingerprint density at radius 2 is 1.95 bits per heavy atom. The first kappa shape index (κ1) is 11.3. The SMILES string of the molecule is O=CC(=O)c1[nH]cc(O)c1-c1c[nH]c2ccccc12. The van der Waals surface area contributed by atoms with E-state index in [-0.39, 0.29) is 17.7 Å². The lowest BCUT2D eigenvalue weighted by atomic mass is 10.0. The van der Waals surface area contributed by atoms with Crippen LogP contribution in [0, 0.1) is 0 Å². The van der Waals surface area contributed by atoms with Crippen LogP contribution < -0.4 is 0 Å². The van der Waals surface area contributed by atoms with Crippen molar-refractivity contribution in [2.24, 2.45) is 0 Å². The molecular weight excluding hydrogens is 244 g/mol. The zero-order valence-electron chi connectivity index (χ0n) is 9.81.